The van der Waals surface area contributed by atoms with Crippen LogP contribution in [0.15, 0.2) is 28.8 Å². The van der Waals surface area contributed by atoms with Crippen LogP contribution in [-0.4, -0.2) is 11.2 Å². The Kier molecular flexibility index (Phi) is 3.74. The number of aryl methyl sites for hydroxylation is 2. The summed E-state index contributed by atoms with van der Waals surface area (Å²) < 4.78 is 10.9. The zero-order valence-corrected chi connectivity index (χ0v) is 12.0. The molecule has 0 bridgehead atoms. The van der Waals surface area contributed by atoms with Crippen molar-refractivity contribution >= 4 is 0 Å². The Morgan fingerprint density at radius 1 is 1.25 bits per heavy atom. The maximum atomic E-state index is 5.78. The van der Waals surface area contributed by atoms with E-state index in [4.69, 9.17) is 9.26 Å². The number of hydrogen-bond donors (Lipinski definition) is 1. The van der Waals surface area contributed by atoms with Crippen LogP contribution in [0.25, 0.3) is 0 Å². The van der Waals surface area contributed by atoms with Gasteiger partial charge in [-0.3, -0.25) is 0 Å². The number of nitrogens with one attached hydrogen (secondary N) is 1. The van der Waals surface area contributed by atoms with Crippen molar-refractivity contribution in [3.63, 3.8) is 0 Å². The minimum atomic E-state index is 0.501. The van der Waals surface area contributed by atoms with Gasteiger partial charge in [0.1, 0.15) is 18.1 Å². The Labute approximate surface area is 119 Å². The predicted molar refractivity (Wildman–Crippen MR) is 76.6 cm³/mol. The highest BCUT2D eigenvalue weighted by atomic mass is 16.5. The molecule has 1 aliphatic rings. The fourth-order valence-electron chi connectivity index (χ4n) is 2.12. The van der Waals surface area contributed by atoms with E-state index in [9.17, 15) is 0 Å². The number of ether oxygens (including phenoxy) is 1. The van der Waals surface area contributed by atoms with E-state index < -0.39 is 0 Å². The standard InChI is InChI=1S/C16H20N2O2/c1-11-16(12(2)20-18-11)10-19-15-7-3-13(4-8-15)9-17-14-5-6-14/h3-4,7-8,14,17H,5-6,9-10H2,1-2H3. The number of hydrogen-bond acceptors (Lipinski definition) is 4. The van der Waals surface area contributed by atoms with Gasteiger partial charge in [0.15, 0.2) is 0 Å². The maximum Gasteiger partial charge on any atom is 0.140 e. The highest BCUT2D eigenvalue weighted by Crippen LogP contribution is 2.20. The van der Waals surface area contributed by atoms with E-state index in [1.54, 1.807) is 0 Å². The van der Waals surface area contributed by atoms with Crippen LogP contribution in [0.1, 0.15) is 35.4 Å². The van der Waals surface area contributed by atoms with Gasteiger partial charge in [-0.1, -0.05) is 17.3 Å². The van der Waals surface area contributed by atoms with Gasteiger partial charge >= 0.3 is 0 Å². The van der Waals surface area contributed by atoms with Crippen molar-refractivity contribution in [1.82, 2.24) is 10.5 Å². The summed E-state index contributed by atoms with van der Waals surface area (Å²) >= 11 is 0. The lowest BCUT2D eigenvalue weighted by Gasteiger charge is -2.07. The minimum absolute atomic E-state index is 0.501. The molecule has 0 atom stereocenters. The summed E-state index contributed by atoms with van der Waals surface area (Å²) in [6.45, 7) is 5.28. The summed E-state index contributed by atoms with van der Waals surface area (Å²) in [4.78, 5) is 0. The lowest BCUT2D eigenvalue weighted by atomic mass is 10.2. The van der Waals surface area contributed by atoms with Crippen LogP contribution in [0.4, 0.5) is 0 Å². The number of aromatic nitrogens is 1. The van der Waals surface area contributed by atoms with Gasteiger partial charge in [0.05, 0.1) is 11.3 Å². The predicted octanol–water partition coefficient (Wildman–Crippen LogP) is 3.12. The molecule has 0 saturated heterocycles. The molecule has 3 rings (SSSR count). The SMILES string of the molecule is Cc1noc(C)c1COc1ccc(CNC2CC2)cc1. The van der Waals surface area contributed by atoms with Crippen molar-refractivity contribution in [3.8, 4) is 5.75 Å². The molecule has 1 saturated carbocycles. The second-order valence-electron chi connectivity index (χ2n) is 5.39. The molecule has 1 aliphatic carbocycles. The summed E-state index contributed by atoms with van der Waals surface area (Å²) in [5.41, 5.74) is 3.22. The molecule has 0 unspecified atom stereocenters. The zero-order chi connectivity index (χ0) is 13.9. The van der Waals surface area contributed by atoms with Crippen molar-refractivity contribution in [1.29, 1.82) is 0 Å². The van der Waals surface area contributed by atoms with Gasteiger partial charge in [-0.2, -0.15) is 0 Å². The second-order valence-corrected chi connectivity index (χ2v) is 5.39. The molecule has 1 heterocycles. The monoisotopic (exact) mass is 272 g/mol. The molecule has 0 spiro atoms. The second kappa shape index (κ2) is 5.67. The lowest BCUT2D eigenvalue weighted by molar-refractivity contribution is 0.301. The first kappa shape index (κ1) is 13.2. The molecule has 1 aromatic heterocycles. The van der Waals surface area contributed by atoms with E-state index in [2.05, 4.69) is 22.6 Å². The summed E-state index contributed by atoms with van der Waals surface area (Å²) in [5.74, 6) is 1.70. The Balaban J connectivity index is 1.54. The van der Waals surface area contributed by atoms with Gasteiger partial charge in [-0.15, -0.1) is 0 Å². The number of rotatable bonds is 6. The van der Waals surface area contributed by atoms with Gasteiger partial charge in [-0.25, -0.2) is 0 Å². The quantitative estimate of drug-likeness (QED) is 0.877. The molecule has 0 aliphatic heterocycles. The molecule has 1 aromatic carbocycles. The number of benzene rings is 1. The first-order chi connectivity index (χ1) is 9.72. The van der Waals surface area contributed by atoms with Crippen molar-refractivity contribution in [2.24, 2.45) is 0 Å². The average molecular weight is 272 g/mol. The summed E-state index contributed by atoms with van der Waals surface area (Å²) in [7, 11) is 0. The third-order valence-corrected chi connectivity index (χ3v) is 3.66. The smallest absolute Gasteiger partial charge is 0.140 e. The minimum Gasteiger partial charge on any atom is -0.489 e. The maximum absolute atomic E-state index is 5.78. The van der Waals surface area contributed by atoms with Gasteiger partial charge in [-0.05, 0) is 44.4 Å². The zero-order valence-electron chi connectivity index (χ0n) is 12.0. The van der Waals surface area contributed by atoms with Crippen LogP contribution in [0.2, 0.25) is 0 Å². The van der Waals surface area contributed by atoms with Crippen LogP contribution in [0.5, 0.6) is 5.75 Å². The van der Waals surface area contributed by atoms with Crippen molar-refractivity contribution in [3.05, 3.63) is 46.8 Å². The van der Waals surface area contributed by atoms with E-state index in [0.29, 0.717) is 6.61 Å². The Morgan fingerprint density at radius 3 is 2.60 bits per heavy atom. The van der Waals surface area contributed by atoms with E-state index in [1.807, 2.05) is 26.0 Å². The van der Waals surface area contributed by atoms with Gasteiger partial charge in [0.2, 0.25) is 0 Å². The van der Waals surface area contributed by atoms with Crippen LogP contribution in [0.3, 0.4) is 0 Å². The molecule has 0 radical (unpaired) electrons. The summed E-state index contributed by atoms with van der Waals surface area (Å²) in [6.07, 6.45) is 2.64. The van der Waals surface area contributed by atoms with Crippen LogP contribution < -0.4 is 10.1 Å². The highest BCUT2D eigenvalue weighted by molar-refractivity contribution is 5.28. The average Bonchev–Trinajstić information content (AvgIpc) is 3.23. The third-order valence-electron chi connectivity index (χ3n) is 3.66. The Morgan fingerprint density at radius 2 is 2.00 bits per heavy atom. The summed E-state index contributed by atoms with van der Waals surface area (Å²) in [6, 6.07) is 8.99. The van der Waals surface area contributed by atoms with Crippen LogP contribution >= 0.6 is 0 Å². The van der Waals surface area contributed by atoms with Gasteiger partial charge in [0.25, 0.3) is 0 Å². The molecule has 0 amide bonds. The summed E-state index contributed by atoms with van der Waals surface area (Å²) in [5, 5.41) is 7.43. The molecule has 4 nitrogen and oxygen atoms in total. The van der Waals surface area contributed by atoms with Crippen LogP contribution in [0, 0.1) is 13.8 Å². The van der Waals surface area contributed by atoms with Gasteiger partial charge < -0.3 is 14.6 Å². The van der Waals surface area contributed by atoms with E-state index in [0.717, 1.165) is 35.4 Å². The van der Waals surface area contributed by atoms with Crippen molar-refractivity contribution in [2.75, 3.05) is 0 Å². The fraction of sp³-hybridized carbons (Fsp3) is 0.438. The first-order valence-electron chi connectivity index (χ1n) is 7.09. The van der Waals surface area contributed by atoms with E-state index in [1.165, 1.54) is 18.4 Å². The van der Waals surface area contributed by atoms with Crippen molar-refractivity contribution < 1.29 is 9.26 Å². The fourth-order valence-corrected chi connectivity index (χ4v) is 2.12. The highest BCUT2D eigenvalue weighted by Gasteiger charge is 2.19. The third kappa shape index (κ3) is 3.20. The Bertz CT molecular complexity index is 551. The van der Waals surface area contributed by atoms with E-state index >= 15 is 0 Å². The molecule has 4 heteroatoms. The van der Waals surface area contributed by atoms with Crippen LogP contribution in [-0.2, 0) is 13.2 Å². The lowest BCUT2D eigenvalue weighted by Crippen LogP contribution is -2.15. The number of nitrogens with zero attached hydrogens (tertiary/aromatic N) is 1. The topological polar surface area (TPSA) is 47.3 Å². The molecule has 2 aromatic rings. The molecule has 1 N–H and O–H groups in total. The van der Waals surface area contributed by atoms with Crippen molar-refractivity contribution in [2.45, 2.75) is 45.9 Å². The Hall–Kier alpha value is -1.81. The largest absolute Gasteiger partial charge is 0.489 e. The molecule has 106 valence electrons. The van der Waals surface area contributed by atoms with Gasteiger partial charge in [0, 0.05) is 12.6 Å². The molecular weight excluding hydrogens is 252 g/mol. The first-order valence-corrected chi connectivity index (χ1v) is 7.09. The molecular formula is C16H20N2O2. The van der Waals surface area contributed by atoms with E-state index in [-0.39, 0.29) is 0 Å². The normalized spacial score (nSPS) is 14.5. The molecule has 1 fully saturated rings. The molecule has 20 heavy (non-hydrogen) atoms.